The number of rotatable bonds is 1. The lowest BCUT2D eigenvalue weighted by Crippen LogP contribution is -2.26. The van der Waals surface area contributed by atoms with Crippen molar-refractivity contribution in [3.8, 4) is 0 Å². The summed E-state index contributed by atoms with van der Waals surface area (Å²) in [5.41, 5.74) is 2.93. The van der Waals surface area contributed by atoms with Crippen molar-refractivity contribution >= 4 is 28.7 Å². The SMILES string of the molecule is CCc1c(I)nn2c1CC[C@@H]1COC[C@@H]12.O=C=O. The summed E-state index contributed by atoms with van der Waals surface area (Å²) < 4.78 is 9.01. The van der Waals surface area contributed by atoms with Crippen LogP contribution in [-0.2, 0) is 27.2 Å². The van der Waals surface area contributed by atoms with E-state index in [-0.39, 0.29) is 6.15 Å². The summed E-state index contributed by atoms with van der Waals surface area (Å²) in [6, 6.07) is 0.516. The number of ether oxygens (including phenoxy) is 1. The predicted octanol–water partition coefficient (Wildman–Crippen LogP) is 1.60. The third-order valence-corrected chi connectivity index (χ3v) is 4.52. The van der Waals surface area contributed by atoms with Crippen molar-refractivity contribution in [3.05, 3.63) is 15.0 Å². The molecule has 0 radical (unpaired) electrons. The molecule has 3 rings (SSSR count). The van der Waals surface area contributed by atoms with Gasteiger partial charge in [-0.25, -0.2) is 0 Å². The second kappa shape index (κ2) is 5.95. The van der Waals surface area contributed by atoms with Crippen molar-refractivity contribution in [1.29, 1.82) is 0 Å². The molecule has 98 valence electrons. The first-order chi connectivity index (χ1) is 8.72. The van der Waals surface area contributed by atoms with Crippen LogP contribution in [0.25, 0.3) is 0 Å². The number of nitrogens with zero attached hydrogens (tertiary/aromatic N) is 2. The summed E-state index contributed by atoms with van der Waals surface area (Å²) in [6.07, 6.45) is 3.81. The molecule has 0 aromatic carbocycles. The Morgan fingerprint density at radius 3 is 2.89 bits per heavy atom. The maximum absolute atomic E-state index is 8.12. The van der Waals surface area contributed by atoms with E-state index in [2.05, 4.69) is 39.3 Å². The Morgan fingerprint density at radius 1 is 1.50 bits per heavy atom. The Hall–Kier alpha value is -0.720. The molecule has 0 spiro atoms. The zero-order chi connectivity index (χ0) is 13.1. The number of fused-ring (bicyclic) bond motifs is 3. The molecule has 2 aliphatic heterocycles. The van der Waals surface area contributed by atoms with Crippen molar-refractivity contribution in [2.45, 2.75) is 32.2 Å². The molecule has 2 aliphatic rings. The van der Waals surface area contributed by atoms with Crippen molar-refractivity contribution in [2.24, 2.45) is 5.92 Å². The van der Waals surface area contributed by atoms with Gasteiger partial charge < -0.3 is 4.74 Å². The molecule has 3 heterocycles. The van der Waals surface area contributed by atoms with Crippen molar-refractivity contribution in [3.63, 3.8) is 0 Å². The second-order valence-electron chi connectivity index (χ2n) is 4.50. The topological polar surface area (TPSA) is 61.2 Å². The fourth-order valence-corrected chi connectivity index (χ4v) is 3.74. The van der Waals surface area contributed by atoms with Crippen LogP contribution in [0.3, 0.4) is 0 Å². The average Bonchev–Trinajstić information content (AvgIpc) is 2.92. The van der Waals surface area contributed by atoms with E-state index in [1.54, 1.807) is 0 Å². The van der Waals surface area contributed by atoms with Gasteiger partial charge in [-0.3, -0.25) is 4.68 Å². The van der Waals surface area contributed by atoms with Crippen molar-refractivity contribution in [2.75, 3.05) is 13.2 Å². The van der Waals surface area contributed by atoms with Crippen LogP contribution in [0.5, 0.6) is 0 Å². The molecule has 1 fully saturated rings. The summed E-state index contributed by atoms with van der Waals surface area (Å²) in [7, 11) is 0. The van der Waals surface area contributed by atoms with E-state index in [1.165, 1.54) is 27.8 Å². The quantitative estimate of drug-likeness (QED) is 0.712. The Morgan fingerprint density at radius 2 is 2.22 bits per heavy atom. The largest absolute Gasteiger partial charge is 0.379 e. The molecule has 18 heavy (non-hydrogen) atoms. The van der Waals surface area contributed by atoms with E-state index in [9.17, 15) is 0 Å². The molecule has 6 heteroatoms. The third kappa shape index (κ3) is 2.37. The van der Waals surface area contributed by atoms with Gasteiger partial charge in [-0.15, -0.1) is 0 Å². The van der Waals surface area contributed by atoms with Crippen molar-refractivity contribution < 1.29 is 14.3 Å². The normalized spacial score (nSPS) is 24.6. The summed E-state index contributed by atoms with van der Waals surface area (Å²) in [5, 5.41) is 4.69. The standard InChI is InChI=1S/C11H15IN2O.CO2/c1-2-8-9-4-3-7-5-15-6-10(7)14(9)13-11(8)12;2-1-3/h7,10H,2-6H2,1H3;/t7-,10+;/m1./s1. The lowest BCUT2D eigenvalue weighted by molar-refractivity contribution is -0.191. The fourth-order valence-electron chi connectivity index (χ4n) is 2.82. The number of hydrogen-bond donors (Lipinski definition) is 0. The van der Waals surface area contributed by atoms with E-state index in [1.807, 2.05) is 0 Å². The van der Waals surface area contributed by atoms with E-state index in [0.29, 0.717) is 12.0 Å². The summed E-state index contributed by atoms with van der Waals surface area (Å²) in [6.45, 7) is 4.01. The third-order valence-electron chi connectivity index (χ3n) is 3.65. The minimum atomic E-state index is 0.250. The minimum Gasteiger partial charge on any atom is -0.379 e. The average molecular weight is 362 g/mol. The summed E-state index contributed by atoms with van der Waals surface area (Å²) >= 11 is 2.36. The maximum atomic E-state index is 8.12. The Kier molecular flexibility index (Phi) is 4.53. The van der Waals surface area contributed by atoms with Gasteiger partial charge in [0.1, 0.15) is 3.70 Å². The van der Waals surface area contributed by atoms with Crippen molar-refractivity contribution in [1.82, 2.24) is 9.78 Å². The molecule has 1 aromatic heterocycles. The van der Waals surface area contributed by atoms with Gasteiger partial charge in [0.25, 0.3) is 0 Å². The van der Waals surface area contributed by atoms with E-state index in [4.69, 9.17) is 14.3 Å². The molecule has 2 atom stereocenters. The van der Waals surface area contributed by atoms with Gasteiger partial charge in [0.2, 0.25) is 0 Å². The highest BCUT2D eigenvalue weighted by Gasteiger charge is 2.36. The number of halogens is 1. The summed E-state index contributed by atoms with van der Waals surface area (Å²) in [5.74, 6) is 0.706. The van der Waals surface area contributed by atoms with Gasteiger partial charge in [0.05, 0.1) is 19.3 Å². The number of carbonyl (C=O) groups excluding carboxylic acids is 2. The van der Waals surface area contributed by atoms with Crippen LogP contribution in [0.15, 0.2) is 0 Å². The Bertz CT molecular complexity index is 466. The zero-order valence-electron chi connectivity index (χ0n) is 10.2. The molecule has 5 nitrogen and oxygen atoms in total. The fraction of sp³-hybridized carbons (Fsp3) is 0.667. The monoisotopic (exact) mass is 362 g/mol. The number of aromatic nitrogens is 2. The highest BCUT2D eigenvalue weighted by atomic mass is 127. The van der Waals surface area contributed by atoms with Gasteiger partial charge in [-0.05, 0) is 41.9 Å². The smallest absolute Gasteiger partial charge is 0.373 e. The van der Waals surface area contributed by atoms with Crippen LogP contribution >= 0.6 is 22.6 Å². The molecule has 0 bridgehead atoms. The molecule has 0 N–H and O–H groups in total. The molecule has 1 saturated heterocycles. The molecule has 0 saturated carbocycles. The van der Waals surface area contributed by atoms with Gasteiger partial charge in [0, 0.05) is 17.2 Å². The first-order valence-electron chi connectivity index (χ1n) is 6.05. The van der Waals surface area contributed by atoms with Crippen LogP contribution in [0, 0.1) is 9.62 Å². The first-order valence-corrected chi connectivity index (χ1v) is 7.13. The van der Waals surface area contributed by atoms with Crippen LogP contribution in [0.2, 0.25) is 0 Å². The number of hydrogen-bond acceptors (Lipinski definition) is 4. The predicted molar refractivity (Wildman–Crippen MR) is 71.0 cm³/mol. The van der Waals surface area contributed by atoms with E-state index < -0.39 is 0 Å². The molecular formula is C12H15IN2O3. The van der Waals surface area contributed by atoms with E-state index in [0.717, 1.165) is 19.6 Å². The first kappa shape index (κ1) is 13.7. The highest BCUT2D eigenvalue weighted by molar-refractivity contribution is 14.1. The Balaban J connectivity index is 0.000000367. The molecule has 0 unspecified atom stereocenters. The molecule has 0 amide bonds. The maximum Gasteiger partial charge on any atom is 0.373 e. The minimum absolute atomic E-state index is 0.250. The van der Waals surface area contributed by atoms with Crippen LogP contribution in [0.4, 0.5) is 0 Å². The highest BCUT2D eigenvalue weighted by Crippen LogP contribution is 2.37. The molecule has 1 aromatic rings. The van der Waals surface area contributed by atoms with Crippen LogP contribution < -0.4 is 0 Å². The lowest BCUT2D eigenvalue weighted by Gasteiger charge is -2.26. The van der Waals surface area contributed by atoms with Crippen LogP contribution in [-0.4, -0.2) is 29.1 Å². The van der Waals surface area contributed by atoms with Gasteiger partial charge in [0.15, 0.2) is 0 Å². The van der Waals surface area contributed by atoms with Gasteiger partial charge in [-0.1, -0.05) is 6.92 Å². The second-order valence-corrected chi connectivity index (χ2v) is 5.52. The lowest BCUT2D eigenvalue weighted by atomic mass is 9.92. The van der Waals surface area contributed by atoms with Gasteiger partial charge >= 0.3 is 6.15 Å². The summed E-state index contributed by atoms with van der Waals surface area (Å²) in [4.78, 5) is 16.2. The molecular weight excluding hydrogens is 347 g/mol. The van der Waals surface area contributed by atoms with Gasteiger partial charge in [-0.2, -0.15) is 14.7 Å². The molecule has 0 aliphatic carbocycles. The van der Waals surface area contributed by atoms with E-state index >= 15 is 0 Å². The van der Waals surface area contributed by atoms with Crippen LogP contribution in [0.1, 0.15) is 30.6 Å². The Labute approximate surface area is 119 Å². The zero-order valence-corrected chi connectivity index (χ0v) is 12.3.